The number of fused-ring (bicyclic) bond motifs is 3. The number of anilines is 1. The zero-order chi connectivity index (χ0) is 15.1. The molecule has 4 rings (SSSR count). The highest BCUT2D eigenvalue weighted by Crippen LogP contribution is 2.37. The van der Waals surface area contributed by atoms with Crippen molar-refractivity contribution in [3.63, 3.8) is 0 Å². The fraction of sp³-hybridized carbons (Fsp3) is 0.0625. The van der Waals surface area contributed by atoms with Gasteiger partial charge in [0.1, 0.15) is 5.75 Å². The van der Waals surface area contributed by atoms with Gasteiger partial charge in [-0.25, -0.2) is 0 Å². The van der Waals surface area contributed by atoms with Crippen LogP contribution in [0.25, 0.3) is 22.7 Å². The van der Waals surface area contributed by atoms with E-state index in [1.807, 2.05) is 18.2 Å². The highest BCUT2D eigenvalue weighted by molar-refractivity contribution is 6.37. The standard InChI is InChI=1S/C16H12N4O2/c1-22-13-4-5-17-12(13)8-9-14-10(20-16(9)21)2-3-11-15(14)19-7-6-18-11/h2-8,17H,1H3,(H,20,21). The first-order chi connectivity index (χ1) is 10.8. The molecular formula is C16H12N4O2. The Hall–Kier alpha value is -3.15. The second kappa shape index (κ2) is 4.70. The van der Waals surface area contributed by atoms with Gasteiger partial charge < -0.3 is 15.0 Å². The summed E-state index contributed by atoms with van der Waals surface area (Å²) in [7, 11) is 1.59. The molecule has 0 aliphatic carbocycles. The van der Waals surface area contributed by atoms with Crippen molar-refractivity contribution in [2.45, 2.75) is 0 Å². The molecule has 0 bridgehead atoms. The quantitative estimate of drug-likeness (QED) is 0.711. The number of amides is 1. The van der Waals surface area contributed by atoms with E-state index in [0.717, 1.165) is 22.5 Å². The summed E-state index contributed by atoms with van der Waals surface area (Å²) < 4.78 is 5.27. The summed E-state index contributed by atoms with van der Waals surface area (Å²) in [5, 5.41) is 2.86. The lowest BCUT2D eigenvalue weighted by molar-refractivity contribution is -0.110. The molecule has 22 heavy (non-hydrogen) atoms. The van der Waals surface area contributed by atoms with Gasteiger partial charge in [-0.1, -0.05) is 0 Å². The normalized spacial score (nSPS) is 15.1. The van der Waals surface area contributed by atoms with Crippen molar-refractivity contribution >= 4 is 34.3 Å². The molecule has 0 fully saturated rings. The predicted octanol–water partition coefficient (Wildman–Crippen LogP) is 2.46. The summed E-state index contributed by atoms with van der Waals surface area (Å²) >= 11 is 0. The van der Waals surface area contributed by atoms with Gasteiger partial charge in [0.15, 0.2) is 0 Å². The Morgan fingerprint density at radius 2 is 2.05 bits per heavy atom. The van der Waals surface area contributed by atoms with Crippen molar-refractivity contribution in [1.29, 1.82) is 0 Å². The summed E-state index contributed by atoms with van der Waals surface area (Å²) in [6, 6.07) is 5.50. The van der Waals surface area contributed by atoms with Crippen LogP contribution in [0, 0.1) is 0 Å². The van der Waals surface area contributed by atoms with Gasteiger partial charge in [-0.15, -0.1) is 0 Å². The molecular weight excluding hydrogens is 280 g/mol. The maximum atomic E-state index is 12.3. The van der Waals surface area contributed by atoms with Crippen LogP contribution in [0.5, 0.6) is 5.75 Å². The first-order valence-corrected chi connectivity index (χ1v) is 6.76. The lowest BCUT2D eigenvalue weighted by atomic mass is 10.0. The van der Waals surface area contributed by atoms with E-state index >= 15 is 0 Å². The maximum Gasteiger partial charge on any atom is 0.256 e. The highest BCUT2D eigenvalue weighted by atomic mass is 16.5. The van der Waals surface area contributed by atoms with Crippen LogP contribution in [0.15, 0.2) is 36.8 Å². The number of H-pyrrole nitrogens is 1. The number of rotatable bonds is 2. The fourth-order valence-corrected chi connectivity index (χ4v) is 2.66. The van der Waals surface area contributed by atoms with E-state index in [0.29, 0.717) is 16.8 Å². The van der Waals surface area contributed by atoms with E-state index in [9.17, 15) is 4.79 Å². The lowest BCUT2D eigenvalue weighted by Crippen LogP contribution is -2.03. The third-order valence-corrected chi connectivity index (χ3v) is 3.65. The van der Waals surface area contributed by atoms with E-state index in [-0.39, 0.29) is 5.91 Å². The molecule has 1 aromatic carbocycles. The van der Waals surface area contributed by atoms with Gasteiger partial charge in [0, 0.05) is 24.2 Å². The largest absolute Gasteiger partial charge is 0.495 e. The minimum atomic E-state index is -0.162. The molecule has 2 N–H and O–H groups in total. The summed E-state index contributed by atoms with van der Waals surface area (Å²) in [4.78, 5) is 24.0. The summed E-state index contributed by atoms with van der Waals surface area (Å²) in [5.74, 6) is 0.518. The smallest absolute Gasteiger partial charge is 0.256 e. The van der Waals surface area contributed by atoms with Gasteiger partial charge in [-0.05, 0) is 24.3 Å². The average Bonchev–Trinajstić information content (AvgIpc) is 3.12. The molecule has 6 heteroatoms. The van der Waals surface area contributed by atoms with E-state index in [1.54, 1.807) is 31.8 Å². The number of aromatic nitrogens is 3. The maximum absolute atomic E-state index is 12.3. The summed E-state index contributed by atoms with van der Waals surface area (Å²) in [5.41, 5.74) is 4.25. The second-order valence-corrected chi connectivity index (χ2v) is 4.88. The average molecular weight is 292 g/mol. The Bertz CT molecular complexity index is 927. The van der Waals surface area contributed by atoms with Gasteiger partial charge in [0.05, 0.1) is 35.1 Å². The first-order valence-electron chi connectivity index (χ1n) is 6.76. The molecule has 0 spiro atoms. The zero-order valence-electron chi connectivity index (χ0n) is 11.8. The number of carbonyl (C=O) groups is 1. The molecule has 0 radical (unpaired) electrons. The van der Waals surface area contributed by atoms with Crippen molar-refractivity contribution in [3.05, 3.63) is 48.0 Å². The first kappa shape index (κ1) is 12.6. The van der Waals surface area contributed by atoms with Crippen LogP contribution >= 0.6 is 0 Å². The molecule has 2 aromatic heterocycles. The second-order valence-electron chi connectivity index (χ2n) is 4.88. The Morgan fingerprint density at radius 3 is 2.91 bits per heavy atom. The Labute approximate surface area is 125 Å². The topological polar surface area (TPSA) is 79.9 Å². The molecule has 3 aromatic rings. The van der Waals surface area contributed by atoms with E-state index in [4.69, 9.17) is 4.74 Å². The predicted molar refractivity (Wildman–Crippen MR) is 83.4 cm³/mol. The van der Waals surface area contributed by atoms with Crippen LogP contribution in [-0.4, -0.2) is 28.0 Å². The van der Waals surface area contributed by atoms with Crippen molar-refractivity contribution in [1.82, 2.24) is 15.0 Å². The van der Waals surface area contributed by atoms with E-state index in [1.165, 1.54) is 0 Å². The Balaban J connectivity index is 1.97. The van der Waals surface area contributed by atoms with Crippen LogP contribution in [-0.2, 0) is 4.79 Å². The van der Waals surface area contributed by atoms with Crippen LogP contribution < -0.4 is 10.1 Å². The number of nitrogens with zero attached hydrogens (tertiary/aromatic N) is 2. The fourth-order valence-electron chi connectivity index (χ4n) is 2.66. The SMILES string of the molecule is COc1cc[nH]c1C=C1C(=O)Nc2ccc3nccnc3c21. The van der Waals surface area contributed by atoms with Gasteiger partial charge in [-0.3, -0.25) is 14.8 Å². The number of nitrogens with one attached hydrogen (secondary N) is 2. The number of aromatic amines is 1. The van der Waals surface area contributed by atoms with Crippen molar-refractivity contribution < 1.29 is 9.53 Å². The molecule has 0 saturated heterocycles. The van der Waals surface area contributed by atoms with Crippen LogP contribution in [0.4, 0.5) is 5.69 Å². The number of hydrogen-bond acceptors (Lipinski definition) is 4. The monoisotopic (exact) mass is 292 g/mol. The van der Waals surface area contributed by atoms with Crippen molar-refractivity contribution in [2.24, 2.45) is 0 Å². The zero-order valence-corrected chi connectivity index (χ0v) is 11.8. The van der Waals surface area contributed by atoms with Gasteiger partial charge in [-0.2, -0.15) is 0 Å². The van der Waals surface area contributed by atoms with Crippen molar-refractivity contribution in [3.8, 4) is 5.75 Å². The molecule has 6 nitrogen and oxygen atoms in total. The number of carbonyl (C=O) groups excluding carboxylic acids is 1. The van der Waals surface area contributed by atoms with Crippen LogP contribution in [0.3, 0.4) is 0 Å². The van der Waals surface area contributed by atoms with Crippen LogP contribution in [0.2, 0.25) is 0 Å². The van der Waals surface area contributed by atoms with Gasteiger partial charge in [0.2, 0.25) is 0 Å². The number of ether oxygens (including phenoxy) is 1. The third kappa shape index (κ3) is 1.77. The van der Waals surface area contributed by atoms with Gasteiger partial charge >= 0.3 is 0 Å². The third-order valence-electron chi connectivity index (χ3n) is 3.65. The van der Waals surface area contributed by atoms with E-state index < -0.39 is 0 Å². The summed E-state index contributed by atoms with van der Waals surface area (Å²) in [6.45, 7) is 0. The molecule has 3 heterocycles. The van der Waals surface area contributed by atoms with Gasteiger partial charge in [0.25, 0.3) is 5.91 Å². The lowest BCUT2D eigenvalue weighted by Gasteiger charge is -2.03. The Kier molecular flexibility index (Phi) is 2.69. The molecule has 108 valence electrons. The molecule has 0 unspecified atom stereocenters. The minimum Gasteiger partial charge on any atom is -0.495 e. The highest BCUT2D eigenvalue weighted by Gasteiger charge is 2.27. The minimum absolute atomic E-state index is 0.162. The molecule has 1 aliphatic rings. The summed E-state index contributed by atoms with van der Waals surface area (Å²) in [6.07, 6.45) is 6.80. The molecule has 1 amide bonds. The van der Waals surface area contributed by atoms with E-state index in [2.05, 4.69) is 20.3 Å². The van der Waals surface area contributed by atoms with Crippen molar-refractivity contribution in [2.75, 3.05) is 12.4 Å². The Morgan fingerprint density at radius 1 is 1.18 bits per heavy atom. The number of benzene rings is 1. The molecule has 0 saturated carbocycles. The molecule has 1 aliphatic heterocycles. The molecule has 0 atom stereocenters. The van der Waals surface area contributed by atoms with Crippen LogP contribution in [0.1, 0.15) is 11.3 Å². The number of hydrogen-bond donors (Lipinski definition) is 2. The number of methoxy groups -OCH3 is 1.